The summed E-state index contributed by atoms with van der Waals surface area (Å²) in [6, 6.07) is 18.2. The highest BCUT2D eigenvalue weighted by atomic mass is 32.1. The third-order valence-electron chi connectivity index (χ3n) is 3.98. The van der Waals surface area contributed by atoms with Crippen molar-refractivity contribution in [2.75, 3.05) is 11.9 Å². The Balaban J connectivity index is 1.56. The van der Waals surface area contributed by atoms with Crippen molar-refractivity contribution in [2.24, 2.45) is 0 Å². The molecule has 6 heteroatoms. The highest BCUT2D eigenvalue weighted by Gasteiger charge is 2.10. The smallest absolute Gasteiger partial charge is 0.265 e. The van der Waals surface area contributed by atoms with E-state index in [9.17, 15) is 9.59 Å². The number of benzene rings is 2. The van der Waals surface area contributed by atoms with Crippen molar-refractivity contribution >= 4 is 28.8 Å². The number of amides is 2. The lowest BCUT2D eigenvalue weighted by atomic mass is 10.1. The largest absolute Gasteiger partial charge is 0.494 e. The number of nitrogens with one attached hydrogen (secondary N) is 2. The molecule has 3 aromatic rings. The van der Waals surface area contributed by atoms with Crippen LogP contribution >= 0.6 is 11.3 Å². The quantitative estimate of drug-likeness (QED) is 0.581. The second-order valence-corrected chi connectivity index (χ2v) is 7.14. The summed E-state index contributed by atoms with van der Waals surface area (Å²) in [6.45, 7) is 3.17. The molecular weight excluding hydrogens is 372 g/mol. The molecule has 0 aliphatic carbocycles. The minimum absolute atomic E-state index is 0.182. The number of anilines is 1. The van der Waals surface area contributed by atoms with Crippen LogP contribution in [0.5, 0.6) is 5.75 Å². The molecule has 0 aliphatic heterocycles. The van der Waals surface area contributed by atoms with Gasteiger partial charge in [-0.3, -0.25) is 9.59 Å². The first-order valence-corrected chi connectivity index (χ1v) is 9.98. The number of ether oxygens (including phenoxy) is 1. The zero-order valence-corrected chi connectivity index (χ0v) is 16.4. The van der Waals surface area contributed by atoms with Gasteiger partial charge in [-0.15, -0.1) is 11.3 Å². The van der Waals surface area contributed by atoms with E-state index in [1.165, 1.54) is 11.3 Å². The summed E-state index contributed by atoms with van der Waals surface area (Å²) in [5, 5.41) is 7.56. The molecule has 2 N–H and O–H groups in total. The molecule has 5 nitrogen and oxygen atoms in total. The lowest BCUT2D eigenvalue weighted by Gasteiger charge is -2.09. The molecule has 1 heterocycles. The predicted molar refractivity (Wildman–Crippen MR) is 112 cm³/mol. The number of thiophene rings is 1. The minimum Gasteiger partial charge on any atom is -0.494 e. The van der Waals surface area contributed by atoms with Crippen molar-refractivity contribution in [1.29, 1.82) is 0 Å². The molecule has 1 aromatic heterocycles. The molecule has 0 saturated carbocycles. The molecule has 3 rings (SSSR count). The molecule has 28 heavy (non-hydrogen) atoms. The van der Waals surface area contributed by atoms with Gasteiger partial charge in [0.05, 0.1) is 11.5 Å². The first kappa shape index (κ1) is 19.6. The highest BCUT2D eigenvalue weighted by molar-refractivity contribution is 7.12. The van der Waals surface area contributed by atoms with Crippen LogP contribution in [-0.2, 0) is 6.54 Å². The fourth-order valence-electron chi connectivity index (χ4n) is 2.55. The summed E-state index contributed by atoms with van der Waals surface area (Å²) in [5.41, 5.74) is 2.06. The van der Waals surface area contributed by atoms with Gasteiger partial charge < -0.3 is 15.4 Å². The maximum Gasteiger partial charge on any atom is 0.265 e. The van der Waals surface area contributed by atoms with Crippen LogP contribution in [0.25, 0.3) is 0 Å². The Labute approximate surface area is 168 Å². The van der Waals surface area contributed by atoms with Gasteiger partial charge in [-0.2, -0.15) is 0 Å². The zero-order chi connectivity index (χ0) is 19.8. The summed E-state index contributed by atoms with van der Waals surface area (Å²) in [6.07, 6.45) is 0.963. The highest BCUT2D eigenvalue weighted by Crippen LogP contribution is 2.16. The molecule has 144 valence electrons. The summed E-state index contributed by atoms with van der Waals surface area (Å²) in [7, 11) is 0. The average molecular weight is 394 g/mol. The first-order valence-electron chi connectivity index (χ1n) is 9.10. The van der Waals surface area contributed by atoms with Crippen molar-refractivity contribution in [2.45, 2.75) is 19.9 Å². The van der Waals surface area contributed by atoms with Gasteiger partial charge in [0.25, 0.3) is 11.8 Å². The topological polar surface area (TPSA) is 67.4 Å². The standard InChI is InChI=1S/C22H22N2O3S/c1-2-12-27-19-10-8-16(9-11-19)15-23-21(25)17-5-3-6-18(14-17)24-22(26)20-7-4-13-28-20/h3-11,13-14H,2,12,15H2,1H3,(H,23,25)(H,24,26). The number of carbonyl (C=O) groups is 2. The van der Waals surface area contributed by atoms with E-state index in [2.05, 4.69) is 17.6 Å². The van der Waals surface area contributed by atoms with Crippen molar-refractivity contribution in [3.8, 4) is 5.75 Å². The molecule has 2 aromatic carbocycles. The lowest BCUT2D eigenvalue weighted by Crippen LogP contribution is -2.23. The second kappa shape index (κ2) is 9.71. The second-order valence-electron chi connectivity index (χ2n) is 6.19. The van der Waals surface area contributed by atoms with Crippen LogP contribution in [0.15, 0.2) is 66.0 Å². The van der Waals surface area contributed by atoms with Crippen molar-refractivity contribution in [3.63, 3.8) is 0 Å². The fraction of sp³-hybridized carbons (Fsp3) is 0.182. The van der Waals surface area contributed by atoms with E-state index in [1.54, 1.807) is 30.3 Å². The SMILES string of the molecule is CCCOc1ccc(CNC(=O)c2cccc(NC(=O)c3cccs3)c2)cc1. The third kappa shape index (κ3) is 5.44. The van der Waals surface area contributed by atoms with Gasteiger partial charge in [0.2, 0.25) is 0 Å². The normalized spacial score (nSPS) is 10.3. The summed E-state index contributed by atoms with van der Waals surface area (Å²) in [4.78, 5) is 25.2. The number of rotatable bonds is 8. The molecule has 0 bridgehead atoms. The molecule has 0 saturated heterocycles. The van der Waals surface area contributed by atoms with Crippen LogP contribution in [0.2, 0.25) is 0 Å². The van der Waals surface area contributed by atoms with Gasteiger partial charge in [0.15, 0.2) is 0 Å². The van der Waals surface area contributed by atoms with E-state index in [4.69, 9.17) is 4.74 Å². The monoisotopic (exact) mass is 394 g/mol. The van der Waals surface area contributed by atoms with Crippen LogP contribution in [0.3, 0.4) is 0 Å². The number of hydrogen-bond donors (Lipinski definition) is 2. The molecular formula is C22H22N2O3S. The van der Waals surface area contributed by atoms with E-state index < -0.39 is 0 Å². The predicted octanol–water partition coefficient (Wildman–Crippen LogP) is 4.72. The van der Waals surface area contributed by atoms with Crippen molar-refractivity contribution in [1.82, 2.24) is 5.32 Å². The Morgan fingerprint density at radius 1 is 1.00 bits per heavy atom. The van der Waals surface area contributed by atoms with E-state index in [-0.39, 0.29) is 11.8 Å². The summed E-state index contributed by atoms with van der Waals surface area (Å²) in [5.74, 6) is 0.447. The van der Waals surface area contributed by atoms with Crippen LogP contribution in [0.1, 0.15) is 38.9 Å². The zero-order valence-electron chi connectivity index (χ0n) is 15.6. The van der Waals surface area contributed by atoms with E-state index in [0.29, 0.717) is 29.3 Å². The van der Waals surface area contributed by atoms with Gasteiger partial charge in [-0.05, 0) is 53.8 Å². The van der Waals surface area contributed by atoms with Crippen molar-refractivity contribution < 1.29 is 14.3 Å². The molecule has 0 atom stereocenters. The van der Waals surface area contributed by atoms with Crippen LogP contribution in [-0.4, -0.2) is 18.4 Å². The average Bonchev–Trinajstić information content (AvgIpc) is 3.26. The molecule has 2 amide bonds. The Morgan fingerprint density at radius 3 is 2.54 bits per heavy atom. The van der Waals surface area contributed by atoms with Gasteiger partial charge in [0.1, 0.15) is 5.75 Å². The number of hydrogen-bond acceptors (Lipinski definition) is 4. The summed E-state index contributed by atoms with van der Waals surface area (Å²) < 4.78 is 5.56. The van der Waals surface area contributed by atoms with Gasteiger partial charge in [-0.1, -0.05) is 31.2 Å². The maximum absolute atomic E-state index is 12.4. The maximum atomic E-state index is 12.4. The minimum atomic E-state index is -0.196. The van der Waals surface area contributed by atoms with E-state index in [0.717, 1.165) is 17.7 Å². The van der Waals surface area contributed by atoms with E-state index in [1.807, 2.05) is 35.7 Å². The lowest BCUT2D eigenvalue weighted by molar-refractivity contribution is 0.0949. The van der Waals surface area contributed by atoms with Crippen LogP contribution in [0.4, 0.5) is 5.69 Å². The molecule has 0 aliphatic rings. The summed E-state index contributed by atoms with van der Waals surface area (Å²) >= 11 is 1.37. The third-order valence-corrected chi connectivity index (χ3v) is 4.85. The Morgan fingerprint density at radius 2 is 1.82 bits per heavy atom. The Bertz CT molecular complexity index is 921. The Hall–Kier alpha value is -3.12. The van der Waals surface area contributed by atoms with Gasteiger partial charge >= 0.3 is 0 Å². The van der Waals surface area contributed by atoms with Crippen molar-refractivity contribution in [3.05, 3.63) is 82.0 Å². The molecule has 0 fully saturated rings. The Kier molecular flexibility index (Phi) is 6.81. The molecule has 0 unspecified atom stereocenters. The molecule has 0 spiro atoms. The fourth-order valence-corrected chi connectivity index (χ4v) is 3.17. The van der Waals surface area contributed by atoms with E-state index >= 15 is 0 Å². The first-order chi connectivity index (χ1) is 13.7. The number of carbonyl (C=O) groups excluding carboxylic acids is 2. The van der Waals surface area contributed by atoms with Crippen LogP contribution < -0.4 is 15.4 Å². The molecule has 0 radical (unpaired) electrons. The van der Waals surface area contributed by atoms with Gasteiger partial charge in [0, 0.05) is 17.8 Å². The van der Waals surface area contributed by atoms with Gasteiger partial charge in [-0.25, -0.2) is 0 Å². The van der Waals surface area contributed by atoms with Crippen LogP contribution in [0, 0.1) is 0 Å².